The van der Waals surface area contributed by atoms with Gasteiger partial charge in [0, 0.05) is 37.3 Å². The Morgan fingerprint density at radius 2 is 2.00 bits per heavy atom. The smallest absolute Gasteiger partial charge is 0.127 e. The maximum atomic E-state index is 5.92. The van der Waals surface area contributed by atoms with Crippen molar-refractivity contribution in [3.8, 4) is 11.5 Å². The number of methoxy groups -OCH3 is 1. The molecule has 2 heterocycles. The fraction of sp³-hybridized carbons (Fsp3) is 0.429. The van der Waals surface area contributed by atoms with Crippen molar-refractivity contribution in [2.75, 3.05) is 26.7 Å². The maximum Gasteiger partial charge on any atom is 0.127 e. The SMILES string of the molecule is COc1cc(OCc2ccccc2)ccc1CN1CC2CCNC2C1. The number of hydrogen-bond acceptors (Lipinski definition) is 4. The maximum absolute atomic E-state index is 5.92. The summed E-state index contributed by atoms with van der Waals surface area (Å²) >= 11 is 0. The van der Waals surface area contributed by atoms with Crippen LogP contribution in [-0.4, -0.2) is 37.7 Å². The molecule has 0 aromatic heterocycles. The van der Waals surface area contributed by atoms with Crippen molar-refractivity contribution in [1.82, 2.24) is 10.2 Å². The Kier molecular flexibility index (Phi) is 4.90. The minimum Gasteiger partial charge on any atom is -0.496 e. The van der Waals surface area contributed by atoms with E-state index in [1.54, 1.807) is 7.11 Å². The molecule has 0 spiro atoms. The van der Waals surface area contributed by atoms with E-state index >= 15 is 0 Å². The van der Waals surface area contributed by atoms with Gasteiger partial charge in [0.2, 0.25) is 0 Å². The normalized spacial score (nSPS) is 22.8. The van der Waals surface area contributed by atoms with E-state index in [-0.39, 0.29) is 0 Å². The molecule has 2 fully saturated rings. The van der Waals surface area contributed by atoms with Crippen LogP contribution in [0.5, 0.6) is 11.5 Å². The molecule has 2 unspecified atom stereocenters. The zero-order valence-electron chi connectivity index (χ0n) is 14.8. The molecule has 0 aliphatic carbocycles. The largest absolute Gasteiger partial charge is 0.496 e. The molecule has 2 saturated heterocycles. The molecule has 25 heavy (non-hydrogen) atoms. The van der Waals surface area contributed by atoms with E-state index in [4.69, 9.17) is 9.47 Å². The Morgan fingerprint density at radius 1 is 1.12 bits per heavy atom. The van der Waals surface area contributed by atoms with Gasteiger partial charge < -0.3 is 14.8 Å². The van der Waals surface area contributed by atoms with Gasteiger partial charge >= 0.3 is 0 Å². The molecular formula is C21H26N2O2. The molecule has 4 nitrogen and oxygen atoms in total. The molecule has 2 aromatic rings. The number of benzene rings is 2. The Bertz CT molecular complexity index is 692. The fourth-order valence-corrected chi connectivity index (χ4v) is 3.99. The Hall–Kier alpha value is -2.04. The lowest BCUT2D eigenvalue weighted by atomic mass is 10.1. The van der Waals surface area contributed by atoms with Crippen molar-refractivity contribution in [2.45, 2.75) is 25.6 Å². The number of nitrogens with zero attached hydrogens (tertiary/aromatic N) is 1. The first-order valence-electron chi connectivity index (χ1n) is 9.11. The summed E-state index contributed by atoms with van der Waals surface area (Å²) in [6.07, 6.45) is 1.31. The van der Waals surface area contributed by atoms with E-state index < -0.39 is 0 Å². The van der Waals surface area contributed by atoms with Gasteiger partial charge in [0.05, 0.1) is 7.11 Å². The topological polar surface area (TPSA) is 33.7 Å². The van der Waals surface area contributed by atoms with Gasteiger partial charge in [-0.2, -0.15) is 0 Å². The second-order valence-corrected chi connectivity index (χ2v) is 7.05. The van der Waals surface area contributed by atoms with Crippen molar-refractivity contribution >= 4 is 0 Å². The number of ether oxygens (including phenoxy) is 2. The number of nitrogens with one attached hydrogen (secondary N) is 1. The lowest BCUT2D eigenvalue weighted by Gasteiger charge is -2.19. The van der Waals surface area contributed by atoms with Crippen LogP contribution in [0.25, 0.3) is 0 Å². The zero-order chi connectivity index (χ0) is 17.1. The van der Waals surface area contributed by atoms with E-state index in [9.17, 15) is 0 Å². The van der Waals surface area contributed by atoms with E-state index in [1.807, 2.05) is 24.3 Å². The third kappa shape index (κ3) is 3.80. The van der Waals surface area contributed by atoms with E-state index in [1.165, 1.54) is 30.6 Å². The van der Waals surface area contributed by atoms with E-state index in [0.717, 1.165) is 30.5 Å². The first-order valence-corrected chi connectivity index (χ1v) is 9.11. The van der Waals surface area contributed by atoms with Gasteiger partial charge in [0.15, 0.2) is 0 Å². The van der Waals surface area contributed by atoms with Gasteiger partial charge in [-0.3, -0.25) is 4.90 Å². The Labute approximate surface area is 149 Å². The van der Waals surface area contributed by atoms with Crippen molar-refractivity contribution in [1.29, 1.82) is 0 Å². The summed E-state index contributed by atoms with van der Waals surface area (Å²) < 4.78 is 11.5. The molecule has 0 radical (unpaired) electrons. The van der Waals surface area contributed by atoms with Crippen LogP contribution in [0.3, 0.4) is 0 Å². The minimum atomic E-state index is 0.574. The second kappa shape index (κ2) is 7.46. The highest BCUT2D eigenvalue weighted by atomic mass is 16.5. The summed E-state index contributed by atoms with van der Waals surface area (Å²) in [4.78, 5) is 2.53. The van der Waals surface area contributed by atoms with Crippen LogP contribution in [0, 0.1) is 5.92 Å². The molecule has 2 aliphatic heterocycles. The fourth-order valence-electron chi connectivity index (χ4n) is 3.99. The van der Waals surface area contributed by atoms with Crippen LogP contribution in [0.2, 0.25) is 0 Å². The van der Waals surface area contributed by atoms with Gasteiger partial charge in [-0.25, -0.2) is 0 Å². The van der Waals surface area contributed by atoms with Crippen molar-refractivity contribution < 1.29 is 9.47 Å². The monoisotopic (exact) mass is 338 g/mol. The minimum absolute atomic E-state index is 0.574. The molecule has 2 aliphatic rings. The first-order chi connectivity index (χ1) is 12.3. The lowest BCUT2D eigenvalue weighted by molar-refractivity contribution is 0.293. The molecule has 4 heteroatoms. The predicted molar refractivity (Wildman–Crippen MR) is 98.9 cm³/mol. The summed E-state index contributed by atoms with van der Waals surface area (Å²) in [5, 5.41) is 3.61. The molecule has 1 N–H and O–H groups in total. The molecular weight excluding hydrogens is 312 g/mol. The van der Waals surface area contributed by atoms with Crippen LogP contribution in [0.4, 0.5) is 0 Å². The highest BCUT2D eigenvalue weighted by Gasteiger charge is 2.35. The van der Waals surface area contributed by atoms with Gasteiger partial charge in [0.25, 0.3) is 0 Å². The van der Waals surface area contributed by atoms with E-state index in [2.05, 4.69) is 34.5 Å². The van der Waals surface area contributed by atoms with Gasteiger partial charge in [0.1, 0.15) is 18.1 Å². The van der Waals surface area contributed by atoms with Gasteiger partial charge in [-0.1, -0.05) is 36.4 Å². The average molecular weight is 338 g/mol. The standard InChI is InChI=1S/C21H26N2O2/c1-24-21-11-19(25-15-16-5-3-2-4-6-16)8-7-18(21)13-23-12-17-9-10-22-20(17)14-23/h2-8,11,17,20,22H,9-10,12-15H2,1H3. The van der Waals surface area contributed by atoms with Crippen LogP contribution < -0.4 is 14.8 Å². The molecule has 2 aromatic carbocycles. The summed E-state index contributed by atoms with van der Waals surface area (Å²) in [5.41, 5.74) is 2.40. The third-order valence-corrected chi connectivity index (χ3v) is 5.34. The van der Waals surface area contributed by atoms with Crippen molar-refractivity contribution in [2.24, 2.45) is 5.92 Å². The van der Waals surface area contributed by atoms with Crippen LogP contribution >= 0.6 is 0 Å². The highest BCUT2D eigenvalue weighted by Crippen LogP contribution is 2.30. The predicted octanol–water partition coefficient (Wildman–Crippen LogP) is 3.07. The average Bonchev–Trinajstić information content (AvgIpc) is 3.23. The number of rotatable bonds is 6. The summed E-state index contributed by atoms with van der Waals surface area (Å²) in [7, 11) is 1.74. The number of fused-ring (bicyclic) bond motifs is 1. The summed E-state index contributed by atoms with van der Waals surface area (Å²) in [5.74, 6) is 2.58. The quantitative estimate of drug-likeness (QED) is 0.878. The van der Waals surface area contributed by atoms with Gasteiger partial charge in [-0.05, 0) is 30.5 Å². The summed E-state index contributed by atoms with van der Waals surface area (Å²) in [6, 6.07) is 17.1. The number of likely N-dealkylation sites (tertiary alicyclic amines) is 1. The second-order valence-electron chi connectivity index (χ2n) is 7.05. The van der Waals surface area contributed by atoms with Crippen LogP contribution in [0.1, 0.15) is 17.5 Å². The third-order valence-electron chi connectivity index (χ3n) is 5.34. The zero-order valence-corrected chi connectivity index (χ0v) is 14.8. The van der Waals surface area contributed by atoms with E-state index in [0.29, 0.717) is 12.6 Å². The molecule has 2 atom stereocenters. The lowest BCUT2D eigenvalue weighted by Crippen LogP contribution is -2.30. The Morgan fingerprint density at radius 3 is 2.80 bits per heavy atom. The van der Waals surface area contributed by atoms with Crippen LogP contribution in [-0.2, 0) is 13.2 Å². The van der Waals surface area contributed by atoms with Crippen LogP contribution in [0.15, 0.2) is 48.5 Å². The molecule has 4 rings (SSSR count). The molecule has 0 bridgehead atoms. The number of hydrogen-bond donors (Lipinski definition) is 1. The summed E-state index contributed by atoms with van der Waals surface area (Å²) in [6.45, 7) is 5.02. The first kappa shape index (κ1) is 16.4. The van der Waals surface area contributed by atoms with Gasteiger partial charge in [-0.15, -0.1) is 0 Å². The Balaban J connectivity index is 1.39. The highest BCUT2D eigenvalue weighted by molar-refractivity contribution is 5.41. The molecule has 0 saturated carbocycles. The van der Waals surface area contributed by atoms with Crippen molar-refractivity contribution in [3.63, 3.8) is 0 Å². The molecule has 132 valence electrons. The molecule has 0 amide bonds. The van der Waals surface area contributed by atoms with Crippen molar-refractivity contribution in [3.05, 3.63) is 59.7 Å².